The molecule has 3 aromatic carbocycles. The van der Waals surface area contributed by atoms with E-state index in [-0.39, 0.29) is 16.9 Å². The highest BCUT2D eigenvalue weighted by atomic mass is 16.5. The smallest absolute Gasteiger partial charge is 0.266 e. The Morgan fingerprint density at radius 3 is 1.97 bits per heavy atom. The molecule has 1 aromatic heterocycles. The van der Waals surface area contributed by atoms with Crippen LogP contribution in [-0.2, 0) is 0 Å². The number of anilines is 1. The first-order chi connectivity index (χ1) is 16.9. The van der Waals surface area contributed by atoms with Crippen molar-refractivity contribution in [3.63, 3.8) is 0 Å². The predicted molar refractivity (Wildman–Crippen MR) is 130 cm³/mol. The van der Waals surface area contributed by atoms with Gasteiger partial charge in [0.05, 0.1) is 43.7 Å². The van der Waals surface area contributed by atoms with Gasteiger partial charge in [0.2, 0.25) is 11.5 Å². The lowest BCUT2D eigenvalue weighted by atomic mass is 10.0. The number of H-pyrrole nitrogens is 1. The third-order valence-electron chi connectivity index (χ3n) is 6.19. The SMILES string of the molecule is COc1cc(C(=O)c2[nH]c3c(C)cccc3c2N2C(=O)c3ccccc3C2=O)cc(OC)c1OC. The van der Waals surface area contributed by atoms with Gasteiger partial charge in [0.25, 0.3) is 11.8 Å². The fraction of sp³-hybridized carbons (Fsp3) is 0.148. The molecule has 0 unspecified atom stereocenters. The number of aromatic nitrogens is 1. The predicted octanol–water partition coefficient (Wildman–Crippen LogP) is 4.53. The number of nitrogens with one attached hydrogen (secondary N) is 1. The molecule has 8 heteroatoms. The molecule has 5 rings (SSSR count). The van der Waals surface area contributed by atoms with Gasteiger partial charge < -0.3 is 19.2 Å². The zero-order valence-corrected chi connectivity index (χ0v) is 19.6. The van der Waals surface area contributed by atoms with E-state index in [0.717, 1.165) is 10.5 Å². The van der Waals surface area contributed by atoms with E-state index >= 15 is 0 Å². The Balaban J connectivity index is 1.74. The van der Waals surface area contributed by atoms with Crippen LogP contribution in [0.15, 0.2) is 54.6 Å². The number of methoxy groups -OCH3 is 3. The average Bonchev–Trinajstić information content (AvgIpc) is 3.38. The van der Waals surface area contributed by atoms with Crippen LogP contribution in [0.3, 0.4) is 0 Å². The number of amides is 2. The standard InChI is InChI=1S/C27H22N2O6/c1-14-8-7-11-18-21(14)28-22(23(18)29-26(31)16-9-5-6-10-17(16)27(29)32)24(30)15-12-19(33-2)25(35-4)20(13-15)34-3/h5-13,28H,1-4H3. The van der Waals surface area contributed by atoms with Crippen LogP contribution in [0.25, 0.3) is 10.9 Å². The third kappa shape index (κ3) is 3.25. The molecule has 8 nitrogen and oxygen atoms in total. The number of fused-ring (bicyclic) bond motifs is 2. The number of para-hydroxylation sites is 1. The monoisotopic (exact) mass is 470 g/mol. The molecule has 4 aromatic rings. The van der Waals surface area contributed by atoms with Gasteiger partial charge in [-0.25, -0.2) is 4.90 Å². The quantitative estimate of drug-likeness (QED) is 0.328. The Hall–Kier alpha value is -4.59. The van der Waals surface area contributed by atoms with Crippen molar-refractivity contribution in [2.75, 3.05) is 26.2 Å². The summed E-state index contributed by atoms with van der Waals surface area (Å²) in [5.74, 6) is -0.431. The number of ketones is 1. The highest BCUT2D eigenvalue weighted by Gasteiger charge is 2.40. The lowest BCUT2D eigenvalue weighted by Crippen LogP contribution is -2.30. The molecule has 35 heavy (non-hydrogen) atoms. The number of benzene rings is 3. The molecule has 1 aliphatic heterocycles. The largest absolute Gasteiger partial charge is 0.493 e. The summed E-state index contributed by atoms with van der Waals surface area (Å²) in [7, 11) is 4.40. The maximum absolute atomic E-state index is 13.9. The summed E-state index contributed by atoms with van der Waals surface area (Å²) in [6, 6.07) is 15.2. The molecule has 1 N–H and O–H groups in total. The van der Waals surface area contributed by atoms with Crippen molar-refractivity contribution in [1.29, 1.82) is 0 Å². The van der Waals surface area contributed by atoms with Gasteiger partial charge in [0, 0.05) is 10.9 Å². The van der Waals surface area contributed by atoms with Gasteiger partial charge in [-0.05, 0) is 36.8 Å². The first kappa shape index (κ1) is 22.2. The van der Waals surface area contributed by atoms with Gasteiger partial charge in [0.15, 0.2) is 11.5 Å². The first-order valence-electron chi connectivity index (χ1n) is 10.8. The average molecular weight is 470 g/mol. The summed E-state index contributed by atoms with van der Waals surface area (Å²) in [6.45, 7) is 1.89. The van der Waals surface area contributed by atoms with Crippen LogP contribution in [0, 0.1) is 6.92 Å². The van der Waals surface area contributed by atoms with Gasteiger partial charge in [-0.15, -0.1) is 0 Å². The number of ether oxygens (including phenoxy) is 3. The number of nitrogens with zero attached hydrogens (tertiary/aromatic N) is 1. The molecular formula is C27H22N2O6. The molecule has 2 heterocycles. The normalized spacial score (nSPS) is 12.7. The first-order valence-corrected chi connectivity index (χ1v) is 10.8. The van der Waals surface area contributed by atoms with E-state index in [1.807, 2.05) is 19.1 Å². The number of imide groups is 1. The highest BCUT2D eigenvalue weighted by molar-refractivity contribution is 6.38. The maximum Gasteiger partial charge on any atom is 0.266 e. The van der Waals surface area contributed by atoms with Gasteiger partial charge in [-0.1, -0.05) is 30.3 Å². The number of carbonyl (C=O) groups excluding carboxylic acids is 3. The summed E-state index contributed by atoms with van der Waals surface area (Å²) >= 11 is 0. The Morgan fingerprint density at radius 2 is 1.43 bits per heavy atom. The summed E-state index contributed by atoms with van der Waals surface area (Å²) in [5, 5.41) is 0.593. The van der Waals surface area contributed by atoms with E-state index in [1.165, 1.54) is 33.5 Å². The van der Waals surface area contributed by atoms with Crippen LogP contribution in [-0.4, -0.2) is 43.9 Å². The van der Waals surface area contributed by atoms with Crippen molar-refractivity contribution < 1.29 is 28.6 Å². The molecule has 0 saturated heterocycles. The Labute approximate surface area is 201 Å². The van der Waals surface area contributed by atoms with E-state index in [4.69, 9.17) is 14.2 Å². The summed E-state index contributed by atoms with van der Waals surface area (Å²) in [5.41, 5.74) is 2.68. The molecule has 0 bridgehead atoms. The highest BCUT2D eigenvalue weighted by Crippen LogP contribution is 2.42. The minimum atomic E-state index is -0.480. The Kier molecular flexibility index (Phi) is 5.28. The second-order valence-corrected chi connectivity index (χ2v) is 8.08. The molecule has 0 fully saturated rings. The Morgan fingerprint density at radius 1 is 0.829 bits per heavy atom. The topological polar surface area (TPSA) is 97.9 Å². The number of carbonyl (C=O) groups is 3. The van der Waals surface area contributed by atoms with E-state index in [2.05, 4.69) is 4.98 Å². The van der Waals surface area contributed by atoms with Gasteiger partial charge in [0.1, 0.15) is 5.69 Å². The van der Waals surface area contributed by atoms with Crippen molar-refractivity contribution in [3.05, 3.63) is 82.5 Å². The lowest BCUT2D eigenvalue weighted by Gasteiger charge is -2.16. The van der Waals surface area contributed by atoms with E-state index < -0.39 is 17.6 Å². The number of rotatable bonds is 6. The van der Waals surface area contributed by atoms with Crippen LogP contribution in [0.5, 0.6) is 17.2 Å². The summed E-state index contributed by atoms with van der Waals surface area (Å²) < 4.78 is 16.2. The molecule has 176 valence electrons. The van der Waals surface area contributed by atoms with Crippen LogP contribution in [0.2, 0.25) is 0 Å². The van der Waals surface area contributed by atoms with Gasteiger partial charge in [-0.2, -0.15) is 0 Å². The molecule has 0 radical (unpaired) electrons. The van der Waals surface area contributed by atoms with E-state index in [0.29, 0.717) is 39.3 Å². The van der Waals surface area contributed by atoms with Crippen molar-refractivity contribution in [2.45, 2.75) is 6.92 Å². The molecule has 1 aliphatic rings. The second kappa shape index (κ2) is 8.32. The minimum Gasteiger partial charge on any atom is -0.493 e. The summed E-state index contributed by atoms with van der Waals surface area (Å²) in [4.78, 5) is 44.8. The number of hydrogen-bond donors (Lipinski definition) is 1. The minimum absolute atomic E-state index is 0.109. The molecule has 2 amide bonds. The molecule has 0 aliphatic carbocycles. The third-order valence-corrected chi connectivity index (χ3v) is 6.19. The van der Waals surface area contributed by atoms with E-state index in [1.54, 1.807) is 30.3 Å². The Bertz CT molecular complexity index is 1470. The van der Waals surface area contributed by atoms with Crippen LogP contribution in [0.4, 0.5) is 5.69 Å². The van der Waals surface area contributed by atoms with Crippen molar-refractivity contribution in [3.8, 4) is 17.2 Å². The van der Waals surface area contributed by atoms with Gasteiger partial charge in [-0.3, -0.25) is 14.4 Å². The van der Waals surface area contributed by atoms with Crippen molar-refractivity contribution >= 4 is 34.2 Å². The number of hydrogen-bond acceptors (Lipinski definition) is 6. The van der Waals surface area contributed by atoms with Crippen LogP contribution in [0.1, 0.15) is 42.3 Å². The van der Waals surface area contributed by atoms with Crippen molar-refractivity contribution in [1.82, 2.24) is 4.98 Å². The zero-order valence-electron chi connectivity index (χ0n) is 19.6. The number of aryl methyl sites for hydroxylation is 1. The second-order valence-electron chi connectivity index (χ2n) is 8.08. The fourth-order valence-corrected chi connectivity index (χ4v) is 4.50. The van der Waals surface area contributed by atoms with Crippen LogP contribution >= 0.6 is 0 Å². The summed E-state index contributed by atoms with van der Waals surface area (Å²) in [6.07, 6.45) is 0. The lowest BCUT2D eigenvalue weighted by molar-refractivity contribution is 0.0926. The molecule has 0 spiro atoms. The molecular weight excluding hydrogens is 448 g/mol. The van der Waals surface area contributed by atoms with Crippen LogP contribution < -0.4 is 19.1 Å². The van der Waals surface area contributed by atoms with E-state index in [9.17, 15) is 14.4 Å². The maximum atomic E-state index is 13.9. The van der Waals surface area contributed by atoms with Crippen molar-refractivity contribution in [2.24, 2.45) is 0 Å². The van der Waals surface area contributed by atoms with Gasteiger partial charge >= 0.3 is 0 Å². The zero-order chi connectivity index (χ0) is 24.9. The molecule has 0 saturated carbocycles. The fourth-order valence-electron chi connectivity index (χ4n) is 4.50. The number of aromatic amines is 1. The molecule has 0 atom stereocenters.